The van der Waals surface area contributed by atoms with Crippen molar-refractivity contribution >= 4 is 16.8 Å². The number of carbonyl (C=O) groups is 1. The number of nitrogens with one attached hydrogen (secondary N) is 1. The minimum atomic E-state index is -0.500. The minimum Gasteiger partial charge on any atom is -0.366 e. The highest BCUT2D eigenvalue weighted by Crippen LogP contribution is 2.53. The third-order valence-corrected chi connectivity index (χ3v) is 6.24. The summed E-state index contributed by atoms with van der Waals surface area (Å²) in [7, 11) is 0. The molecule has 4 aromatic rings. The Morgan fingerprint density at radius 3 is 2.50 bits per heavy atom. The van der Waals surface area contributed by atoms with Gasteiger partial charge in [0.15, 0.2) is 0 Å². The van der Waals surface area contributed by atoms with Crippen LogP contribution >= 0.6 is 0 Å². The van der Waals surface area contributed by atoms with Crippen molar-refractivity contribution in [3.63, 3.8) is 0 Å². The first-order valence-electron chi connectivity index (χ1n) is 9.76. The molecule has 0 saturated carbocycles. The Balaban J connectivity index is 1.80. The van der Waals surface area contributed by atoms with Crippen LogP contribution in [0, 0.1) is 18.6 Å². The number of amides is 1. The van der Waals surface area contributed by atoms with Crippen LogP contribution in [-0.4, -0.2) is 10.9 Å². The first-order valence-corrected chi connectivity index (χ1v) is 9.76. The molecule has 3 N–H and O–H groups in total. The molecule has 0 bridgehead atoms. The van der Waals surface area contributed by atoms with Crippen molar-refractivity contribution in [3.05, 3.63) is 82.4 Å². The molecule has 0 spiro atoms. The van der Waals surface area contributed by atoms with Gasteiger partial charge in [-0.3, -0.25) is 4.79 Å². The zero-order chi connectivity index (χ0) is 21.4. The molecule has 30 heavy (non-hydrogen) atoms. The minimum absolute atomic E-state index is 0.315. The summed E-state index contributed by atoms with van der Waals surface area (Å²) in [5.41, 5.74) is 10.8. The third kappa shape index (κ3) is 2.38. The van der Waals surface area contributed by atoms with Crippen LogP contribution in [0.2, 0.25) is 0 Å². The largest absolute Gasteiger partial charge is 0.366 e. The highest BCUT2D eigenvalue weighted by Gasteiger charge is 2.41. The topological polar surface area (TPSA) is 58.9 Å². The van der Waals surface area contributed by atoms with Gasteiger partial charge in [-0.05, 0) is 59.5 Å². The van der Waals surface area contributed by atoms with E-state index in [-0.39, 0.29) is 11.6 Å². The summed E-state index contributed by atoms with van der Waals surface area (Å²) < 4.78 is 29.6. The Kier molecular flexibility index (Phi) is 3.72. The van der Waals surface area contributed by atoms with Gasteiger partial charge in [-0.25, -0.2) is 8.78 Å². The van der Waals surface area contributed by atoms with E-state index in [4.69, 9.17) is 5.73 Å². The lowest BCUT2D eigenvalue weighted by atomic mass is 9.81. The van der Waals surface area contributed by atoms with Gasteiger partial charge < -0.3 is 10.7 Å². The van der Waals surface area contributed by atoms with Gasteiger partial charge in [0.2, 0.25) is 5.91 Å². The summed E-state index contributed by atoms with van der Waals surface area (Å²) in [6.45, 7) is 5.76. The summed E-state index contributed by atoms with van der Waals surface area (Å²) in [6, 6.07) is 13.5. The SMILES string of the molecule is Cc1cc(-c2ccc3c(c2F)-c2[nH]c4ccc(C(N)=O)cc4c2C3(C)C)ccc1F. The van der Waals surface area contributed by atoms with Crippen LogP contribution in [0.25, 0.3) is 33.3 Å². The van der Waals surface area contributed by atoms with Crippen molar-refractivity contribution in [2.75, 3.05) is 0 Å². The predicted octanol–water partition coefficient (Wildman–Crippen LogP) is 5.83. The number of carbonyl (C=O) groups excluding carboxylic acids is 1. The lowest BCUT2D eigenvalue weighted by Gasteiger charge is -2.22. The Morgan fingerprint density at radius 2 is 1.80 bits per heavy atom. The molecule has 3 aromatic carbocycles. The van der Waals surface area contributed by atoms with Crippen LogP contribution < -0.4 is 5.73 Å². The molecule has 0 fully saturated rings. The number of aryl methyl sites for hydroxylation is 1. The molecule has 0 unspecified atom stereocenters. The summed E-state index contributed by atoms with van der Waals surface area (Å²) >= 11 is 0. The molecule has 1 aromatic heterocycles. The molecule has 5 rings (SSSR count). The molecular formula is C25H20F2N2O. The van der Waals surface area contributed by atoms with E-state index in [0.717, 1.165) is 22.0 Å². The average molecular weight is 402 g/mol. The van der Waals surface area contributed by atoms with Crippen molar-refractivity contribution < 1.29 is 13.6 Å². The zero-order valence-corrected chi connectivity index (χ0v) is 16.9. The fourth-order valence-corrected chi connectivity index (χ4v) is 4.69. The number of H-pyrrole nitrogens is 1. The highest BCUT2D eigenvalue weighted by atomic mass is 19.1. The molecule has 1 heterocycles. The van der Waals surface area contributed by atoms with Gasteiger partial charge in [0.05, 0.1) is 5.69 Å². The first-order chi connectivity index (χ1) is 14.2. The molecule has 0 radical (unpaired) electrons. The number of hydrogen-bond donors (Lipinski definition) is 2. The van der Waals surface area contributed by atoms with E-state index in [0.29, 0.717) is 33.5 Å². The Labute approximate surface area is 172 Å². The predicted molar refractivity (Wildman–Crippen MR) is 114 cm³/mol. The highest BCUT2D eigenvalue weighted by molar-refractivity contribution is 6.02. The third-order valence-electron chi connectivity index (χ3n) is 6.24. The number of aromatic nitrogens is 1. The maximum atomic E-state index is 15.9. The monoisotopic (exact) mass is 402 g/mol. The standard InChI is InChI=1S/C25H20F2N2O/c1-12-10-13(4-8-18(12)26)15-6-7-17-20(22(15)27)23-21(25(17,2)3)16-11-14(24(28)30)5-9-19(16)29-23/h4-11,29H,1-3H3,(H2,28,30). The quantitative estimate of drug-likeness (QED) is 0.436. The fraction of sp³-hybridized carbons (Fsp3) is 0.160. The van der Waals surface area contributed by atoms with Crippen LogP contribution in [0.1, 0.15) is 40.9 Å². The maximum absolute atomic E-state index is 15.9. The van der Waals surface area contributed by atoms with Crippen LogP contribution in [-0.2, 0) is 5.41 Å². The van der Waals surface area contributed by atoms with Gasteiger partial charge in [0, 0.05) is 33.0 Å². The normalized spacial score (nSPS) is 14.0. The van der Waals surface area contributed by atoms with Gasteiger partial charge in [0.1, 0.15) is 11.6 Å². The second-order valence-corrected chi connectivity index (χ2v) is 8.44. The number of nitrogens with two attached hydrogens (primary N) is 1. The van der Waals surface area contributed by atoms with E-state index < -0.39 is 11.3 Å². The van der Waals surface area contributed by atoms with Crippen molar-refractivity contribution in [1.29, 1.82) is 0 Å². The summed E-state index contributed by atoms with van der Waals surface area (Å²) in [4.78, 5) is 15.0. The van der Waals surface area contributed by atoms with E-state index in [2.05, 4.69) is 4.98 Å². The number of primary amides is 1. The van der Waals surface area contributed by atoms with Crippen molar-refractivity contribution in [2.24, 2.45) is 5.73 Å². The Hall–Kier alpha value is -3.47. The number of halogens is 2. The van der Waals surface area contributed by atoms with Crippen LogP contribution in [0.5, 0.6) is 0 Å². The zero-order valence-electron chi connectivity index (χ0n) is 16.9. The molecule has 0 saturated heterocycles. The summed E-state index contributed by atoms with van der Waals surface area (Å²) in [6.07, 6.45) is 0. The van der Waals surface area contributed by atoms with Gasteiger partial charge >= 0.3 is 0 Å². The van der Waals surface area contributed by atoms with Crippen LogP contribution in [0.15, 0.2) is 48.5 Å². The number of rotatable bonds is 2. The Morgan fingerprint density at radius 1 is 1.03 bits per heavy atom. The smallest absolute Gasteiger partial charge is 0.248 e. The molecule has 1 amide bonds. The average Bonchev–Trinajstić information content (AvgIpc) is 3.18. The molecule has 3 nitrogen and oxygen atoms in total. The summed E-state index contributed by atoms with van der Waals surface area (Å²) in [5.74, 6) is -1.16. The second-order valence-electron chi connectivity index (χ2n) is 8.44. The van der Waals surface area contributed by atoms with Crippen molar-refractivity contribution in [3.8, 4) is 22.4 Å². The van der Waals surface area contributed by atoms with Gasteiger partial charge in [-0.2, -0.15) is 0 Å². The fourth-order valence-electron chi connectivity index (χ4n) is 4.69. The van der Waals surface area contributed by atoms with E-state index in [9.17, 15) is 9.18 Å². The van der Waals surface area contributed by atoms with Gasteiger partial charge in [-0.1, -0.05) is 32.0 Å². The van der Waals surface area contributed by atoms with E-state index in [1.54, 1.807) is 43.3 Å². The molecular weight excluding hydrogens is 382 g/mol. The lowest BCUT2D eigenvalue weighted by Crippen LogP contribution is -2.15. The van der Waals surface area contributed by atoms with Gasteiger partial charge in [-0.15, -0.1) is 0 Å². The molecule has 1 aliphatic rings. The first kappa shape index (κ1) is 18.6. The lowest BCUT2D eigenvalue weighted by molar-refractivity contribution is 0.100. The van der Waals surface area contributed by atoms with E-state index in [1.807, 2.05) is 19.9 Å². The molecule has 0 atom stereocenters. The van der Waals surface area contributed by atoms with Gasteiger partial charge in [0.25, 0.3) is 0 Å². The molecule has 150 valence electrons. The molecule has 1 aliphatic carbocycles. The number of fused-ring (bicyclic) bond motifs is 5. The van der Waals surface area contributed by atoms with E-state index in [1.165, 1.54) is 6.07 Å². The van der Waals surface area contributed by atoms with E-state index >= 15 is 4.39 Å². The number of aromatic amines is 1. The van der Waals surface area contributed by atoms with Crippen LogP contribution in [0.3, 0.4) is 0 Å². The van der Waals surface area contributed by atoms with Crippen molar-refractivity contribution in [2.45, 2.75) is 26.2 Å². The van der Waals surface area contributed by atoms with Crippen LogP contribution in [0.4, 0.5) is 8.78 Å². The number of benzene rings is 3. The molecule has 5 heteroatoms. The second kappa shape index (κ2) is 6.02. The Bertz CT molecular complexity index is 1380. The number of hydrogen-bond acceptors (Lipinski definition) is 1. The maximum Gasteiger partial charge on any atom is 0.248 e. The molecule has 0 aliphatic heterocycles. The van der Waals surface area contributed by atoms with Crippen molar-refractivity contribution in [1.82, 2.24) is 4.98 Å². The summed E-state index contributed by atoms with van der Waals surface area (Å²) in [5, 5.41) is 0.862.